The molecule has 1 fully saturated rings. The van der Waals surface area contributed by atoms with Crippen LogP contribution < -0.4 is 9.64 Å². The summed E-state index contributed by atoms with van der Waals surface area (Å²) in [7, 11) is -1.90. The van der Waals surface area contributed by atoms with Gasteiger partial charge in [-0.15, -0.1) is 0 Å². The first-order chi connectivity index (χ1) is 12.3. The second-order valence-corrected chi connectivity index (χ2v) is 8.79. The molecule has 3 rings (SSSR count). The Morgan fingerprint density at radius 2 is 1.69 bits per heavy atom. The Hall–Kier alpha value is -1.76. The average Bonchev–Trinajstić information content (AvgIpc) is 2.63. The largest absolute Gasteiger partial charge is 0.495 e. The van der Waals surface area contributed by atoms with Crippen LogP contribution in [-0.4, -0.2) is 46.0 Å². The van der Waals surface area contributed by atoms with E-state index in [0.29, 0.717) is 41.8 Å². The highest BCUT2D eigenvalue weighted by atomic mass is 35.5. The van der Waals surface area contributed by atoms with Crippen molar-refractivity contribution >= 4 is 27.3 Å². The third kappa shape index (κ3) is 3.68. The van der Waals surface area contributed by atoms with Crippen LogP contribution in [0.1, 0.15) is 11.1 Å². The summed E-state index contributed by atoms with van der Waals surface area (Å²) >= 11 is 6.20. The van der Waals surface area contributed by atoms with Crippen molar-refractivity contribution in [1.82, 2.24) is 4.31 Å². The molecule has 0 amide bonds. The van der Waals surface area contributed by atoms with Crippen LogP contribution in [0.3, 0.4) is 0 Å². The summed E-state index contributed by atoms with van der Waals surface area (Å²) in [5.74, 6) is 0.631. The van der Waals surface area contributed by atoms with Gasteiger partial charge in [0, 0.05) is 31.9 Å². The summed E-state index contributed by atoms with van der Waals surface area (Å²) in [4.78, 5) is 2.54. The molecule has 1 heterocycles. The van der Waals surface area contributed by atoms with Crippen LogP contribution >= 0.6 is 11.6 Å². The summed E-state index contributed by atoms with van der Waals surface area (Å²) < 4.78 is 32.8. The number of piperazine rings is 1. The highest BCUT2D eigenvalue weighted by molar-refractivity contribution is 7.89. The van der Waals surface area contributed by atoms with Gasteiger partial charge in [-0.25, -0.2) is 8.42 Å². The van der Waals surface area contributed by atoms with E-state index in [1.54, 1.807) is 17.5 Å². The minimum absolute atomic E-state index is 0.401. The summed E-state index contributed by atoms with van der Waals surface area (Å²) in [5, 5.41) is 0.551. The van der Waals surface area contributed by atoms with Crippen LogP contribution in [0.5, 0.6) is 5.75 Å². The lowest BCUT2D eigenvalue weighted by Gasteiger charge is -2.35. The van der Waals surface area contributed by atoms with Gasteiger partial charge in [0.1, 0.15) is 5.75 Å². The van der Waals surface area contributed by atoms with Gasteiger partial charge in [-0.3, -0.25) is 0 Å². The third-order valence-electron chi connectivity index (χ3n) is 4.70. The fourth-order valence-electron chi connectivity index (χ4n) is 3.16. The highest BCUT2D eigenvalue weighted by Crippen LogP contribution is 2.30. The van der Waals surface area contributed by atoms with Crippen LogP contribution in [-0.2, 0) is 10.0 Å². The quantitative estimate of drug-likeness (QED) is 0.796. The first-order valence-corrected chi connectivity index (χ1v) is 10.3. The molecular weight excluding hydrogens is 372 g/mol. The number of nitrogens with zero attached hydrogens (tertiary/aromatic N) is 2. The van der Waals surface area contributed by atoms with Crippen molar-refractivity contribution in [3.8, 4) is 5.75 Å². The molecule has 1 aliphatic heterocycles. The first-order valence-electron chi connectivity index (χ1n) is 8.49. The second kappa shape index (κ2) is 7.47. The predicted molar refractivity (Wildman–Crippen MR) is 105 cm³/mol. The summed E-state index contributed by atoms with van der Waals surface area (Å²) in [6, 6.07) is 11.2. The lowest BCUT2D eigenvalue weighted by Crippen LogP contribution is -2.48. The first kappa shape index (κ1) is 19.0. The minimum Gasteiger partial charge on any atom is -0.495 e. The number of rotatable bonds is 4. The number of ether oxygens (including phenoxy) is 1. The van der Waals surface area contributed by atoms with Crippen molar-refractivity contribution in [3.63, 3.8) is 0 Å². The normalized spacial score (nSPS) is 15.9. The number of hydrogen-bond donors (Lipinski definition) is 0. The van der Waals surface area contributed by atoms with E-state index in [-0.39, 0.29) is 0 Å². The van der Waals surface area contributed by atoms with Crippen LogP contribution in [0.15, 0.2) is 41.3 Å². The van der Waals surface area contributed by atoms with Gasteiger partial charge in [0.2, 0.25) is 10.0 Å². The van der Waals surface area contributed by atoms with Gasteiger partial charge >= 0.3 is 0 Å². The van der Waals surface area contributed by atoms with E-state index in [1.807, 2.05) is 44.2 Å². The van der Waals surface area contributed by atoms with Crippen molar-refractivity contribution in [2.75, 3.05) is 38.2 Å². The molecule has 7 heteroatoms. The molecule has 0 aliphatic carbocycles. The molecule has 5 nitrogen and oxygen atoms in total. The van der Waals surface area contributed by atoms with Crippen LogP contribution in [0.4, 0.5) is 5.69 Å². The Bertz CT molecular complexity index is 907. The van der Waals surface area contributed by atoms with Gasteiger partial charge in [-0.1, -0.05) is 23.7 Å². The van der Waals surface area contributed by atoms with Gasteiger partial charge in [0.25, 0.3) is 0 Å². The number of benzene rings is 2. The van der Waals surface area contributed by atoms with E-state index in [0.717, 1.165) is 16.8 Å². The zero-order valence-electron chi connectivity index (χ0n) is 15.2. The fourth-order valence-corrected chi connectivity index (χ4v) is 5.15. The summed E-state index contributed by atoms with van der Waals surface area (Å²) in [6.07, 6.45) is 0. The number of halogens is 1. The molecule has 0 aromatic heterocycles. The van der Waals surface area contributed by atoms with Gasteiger partial charge in [-0.2, -0.15) is 4.31 Å². The topological polar surface area (TPSA) is 49.9 Å². The van der Waals surface area contributed by atoms with E-state index in [2.05, 4.69) is 4.90 Å². The molecule has 1 saturated heterocycles. The Morgan fingerprint density at radius 1 is 1.00 bits per heavy atom. The number of sulfonamides is 1. The maximum Gasteiger partial charge on any atom is 0.243 e. The maximum atomic E-state index is 13.0. The molecule has 0 radical (unpaired) electrons. The van der Waals surface area contributed by atoms with Crippen molar-refractivity contribution in [3.05, 3.63) is 52.5 Å². The molecule has 26 heavy (non-hydrogen) atoms. The second-order valence-electron chi connectivity index (χ2n) is 6.48. The fraction of sp³-hybridized carbons (Fsp3) is 0.368. The standard InChI is InChI=1S/C19H23ClN2O3S/c1-14-4-5-15(2)19(12-14)26(23,24)22-10-8-21(9-11-22)16-6-7-18(25-3)17(20)13-16/h4-7,12-13H,8-11H2,1-3H3. The van der Waals surface area contributed by atoms with Crippen molar-refractivity contribution in [2.45, 2.75) is 18.7 Å². The van der Waals surface area contributed by atoms with Crippen LogP contribution in [0.25, 0.3) is 0 Å². The van der Waals surface area contributed by atoms with Gasteiger partial charge < -0.3 is 9.64 Å². The molecule has 0 saturated carbocycles. The number of anilines is 1. The minimum atomic E-state index is -3.48. The number of methoxy groups -OCH3 is 1. The van der Waals surface area contributed by atoms with E-state index in [9.17, 15) is 8.42 Å². The molecule has 0 unspecified atom stereocenters. The summed E-state index contributed by atoms with van der Waals surface area (Å²) in [6.45, 7) is 5.87. The lowest BCUT2D eigenvalue weighted by molar-refractivity contribution is 0.384. The van der Waals surface area contributed by atoms with Crippen molar-refractivity contribution in [1.29, 1.82) is 0 Å². The monoisotopic (exact) mass is 394 g/mol. The molecule has 0 spiro atoms. The van der Waals surface area contributed by atoms with Gasteiger partial charge in [0.15, 0.2) is 0 Å². The third-order valence-corrected chi connectivity index (χ3v) is 7.04. The molecule has 0 bridgehead atoms. The van der Waals surface area contributed by atoms with E-state index >= 15 is 0 Å². The zero-order valence-corrected chi connectivity index (χ0v) is 16.8. The van der Waals surface area contributed by atoms with Crippen molar-refractivity contribution in [2.24, 2.45) is 0 Å². The highest BCUT2D eigenvalue weighted by Gasteiger charge is 2.29. The van der Waals surface area contributed by atoms with E-state index in [4.69, 9.17) is 16.3 Å². The van der Waals surface area contributed by atoms with Gasteiger partial charge in [0.05, 0.1) is 17.0 Å². The van der Waals surface area contributed by atoms with E-state index in [1.165, 1.54) is 0 Å². The maximum absolute atomic E-state index is 13.0. The molecule has 0 N–H and O–H groups in total. The van der Waals surface area contributed by atoms with Crippen LogP contribution in [0, 0.1) is 13.8 Å². The summed E-state index contributed by atoms with van der Waals surface area (Å²) in [5.41, 5.74) is 2.69. The molecule has 2 aromatic carbocycles. The molecule has 2 aromatic rings. The van der Waals surface area contributed by atoms with Crippen LogP contribution in [0.2, 0.25) is 5.02 Å². The molecule has 140 valence electrons. The molecule has 1 aliphatic rings. The Balaban J connectivity index is 1.75. The smallest absolute Gasteiger partial charge is 0.243 e. The SMILES string of the molecule is COc1ccc(N2CCN(S(=O)(=O)c3cc(C)ccc3C)CC2)cc1Cl. The average molecular weight is 395 g/mol. The van der Waals surface area contributed by atoms with Crippen molar-refractivity contribution < 1.29 is 13.2 Å². The Morgan fingerprint density at radius 3 is 2.31 bits per heavy atom. The Kier molecular flexibility index (Phi) is 5.46. The molecule has 0 atom stereocenters. The number of hydrogen-bond acceptors (Lipinski definition) is 4. The predicted octanol–water partition coefficient (Wildman–Crippen LogP) is 3.48. The number of aryl methyl sites for hydroxylation is 2. The zero-order chi connectivity index (χ0) is 18.9. The van der Waals surface area contributed by atoms with Gasteiger partial charge in [-0.05, 0) is 49.2 Å². The lowest BCUT2D eigenvalue weighted by atomic mass is 10.2. The Labute approximate surface area is 160 Å². The molecular formula is C19H23ClN2O3S. The van der Waals surface area contributed by atoms with E-state index < -0.39 is 10.0 Å².